The minimum absolute atomic E-state index is 0. The molecule has 3 heterocycles. The van der Waals surface area contributed by atoms with E-state index in [9.17, 15) is 0 Å². The molecule has 4 aromatic carbocycles. The fourth-order valence-electron chi connectivity index (χ4n) is 6.47. The second-order valence-electron chi connectivity index (χ2n) is 11.5. The number of anilines is 2. The summed E-state index contributed by atoms with van der Waals surface area (Å²) in [7, 11) is 0. The number of halogens is 2. The Balaban J connectivity index is 0.00000192. The maximum absolute atomic E-state index is 5.21. The SMILES string of the molecule is CCCCN1C=[N+](Cc2cccc(C[N+]3=CN(CCCC)c4cccc5cccc3c45)n2)c2cccc3cccc1c23.[Br-].[Br-]. The molecule has 0 saturated heterocycles. The minimum atomic E-state index is 0. The number of hydrogen-bond acceptors (Lipinski definition) is 3. The van der Waals surface area contributed by atoms with Gasteiger partial charge in [-0.3, -0.25) is 0 Å². The molecular formula is C37H39Br2N5. The molecule has 5 nitrogen and oxygen atoms in total. The molecule has 0 bridgehead atoms. The number of benzene rings is 4. The van der Waals surface area contributed by atoms with E-state index < -0.39 is 0 Å². The summed E-state index contributed by atoms with van der Waals surface area (Å²) in [4.78, 5) is 10.1. The van der Waals surface area contributed by atoms with Gasteiger partial charge in [0, 0.05) is 0 Å². The molecule has 7 heteroatoms. The molecule has 0 unspecified atom stereocenters. The number of aromatic nitrogens is 1. The monoisotopic (exact) mass is 711 g/mol. The first kappa shape index (κ1) is 31.9. The zero-order valence-electron chi connectivity index (χ0n) is 25.5. The predicted molar refractivity (Wildman–Crippen MR) is 176 cm³/mol. The topological polar surface area (TPSA) is 25.4 Å². The summed E-state index contributed by atoms with van der Waals surface area (Å²) in [6.45, 7) is 8.00. The molecule has 226 valence electrons. The van der Waals surface area contributed by atoms with Crippen molar-refractivity contribution in [3.8, 4) is 0 Å². The van der Waals surface area contributed by atoms with Crippen LogP contribution in [0.5, 0.6) is 0 Å². The summed E-state index contributed by atoms with van der Waals surface area (Å²) >= 11 is 0. The first-order valence-electron chi connectivity index (χ1n) is 15.5. The Morgan fingerprint density at radius 2 is 0.955 bits per heavy atom. The average Bonchev–Trinajstić information content (AvgIpc) is 3.02. The van der Waals surface area contributed by atoms with E-state index in [0.29, 0.717) is 0 Å². The van der Waals surface area contributed by atoms with Gasteiger partial charge in [0.25, 0.3) is 0 Å². The van der Waals surface area contributed by atoms with Gasteiger partial charge < -0.3 is 34.0 Å². The van der Waals surface area contributed by atoms with Crippen molar-refractivity contribution in [2.45, 2.75) is 52.6 Å². The second-order valence-corrected chi connectivity index (χ2v) is 11.5. The molecule has 0 atom stereocenters. The third-order valence-corrected chi connectivity index (χ3v) is 8.55. The molecule has 0 aliphatic carbocycles. The van der Waals surface area contributed by atoms with Crippen LogP contribution in [0.1, 0.15) is 50.9 Å². The molecular weight excluding hydrogens is 674 g/mol. The van der Waals surface area contributed by atoms with Crippen molar-refractivity contribution in [3.05, 3.63) is 102 Å². The quantitative estimate of drug-likeness (QED) is 0.208. The number of hydrogen-bond donors (Lipinski definition) is 0. The van der Waals surface area contributed by atoms with Crippen LogP contribution in [0.2, 0.25) is 0 Å². The van der Waals surface area contributed by atoms with Gasteiger partial charge in [0.15, 0.2) is 0 Å². The number of nitrogens with zero attached hydrogens (tertiary/aromatic N) is 5. The summed E-state index contributed by atoms with van der Waals surface area (Å²) in [6, 6.07) is 33.1. The van der Waals surface area contributed by atoms with Gasteiger partial charge in [0.05, 0.1) is 35.2 Å². The summed E-state index contributed by atoms with van der Waals surface area (Å²) in [5.41, 5.74) is 7.27. The molecule has 7 rings (SSSR count). The lowest BCUT2D eigenvalue weighted by molar-refractivity contribution is -0.456. The van der Waals surface area contributed by atoms with Crippen LogP contribution in [0, 0.1) is 0 Å². The maximum Gasteiger partial charge on any atom is 0.244 e. The molecule has 5 aromatic rings. The van der Waals surface area contributed by atoms with Crippen molar-refractivity contribution in [2.75, 3.05) is 22.9 Å². The molecule has 0 amide bonds. The maximum atomic E-state index is 5.21. The van der Waals surface area contributed by atoms with E-state index in [1.807, 2.05) is 0 Å². The third kappa shape index (κ3) is 6.04. The third-order valence-electron chi connectivity index (χ3n) is 8.55. The van der Waals surface area contributed by atoms with Gasteiger partial charge in [0.2, 0.25) is 12.7 Å². The van der Waals surface area contributed by atoms with Crippen LogP contribution in [-0.2, 0) is 13.1 Å². The molecule has 44 heavy (non-hydrogen) atoms. The largest absolute Gasteiger partial charge is 1.00 e. The molecule has 0 saturated carbocycles. The van der Waals surface area contributed by atoms with E-state index in [2.05, 4.69) is 136 Å². The van der Waals surface area contributed by atoms with E-state index >= 15 is 0 Å². The standard InChI is InChI=1S/C37H39N5.2BrH/c1-3-5-22-39-26-41(34-20-9-14-28-12-7-18-32(39)36(28)34)24-30-16-11-17-31(38-30)25-42-27-40(23-6-4-2)33-19-8-13-29-15-10-21-35(42)37(29)33;;/h7-21,26-27H,3-6,22-25H2,1-2H3;2*1H/q+2;;/p-2. The van der Waals surface area contributed by atoms with Crippen LogP contribution in [0.15, 0.2) is 91.0 Å². The highest BCUT2D eigenvalue weighted by atomic mass is 79.9. The van der Waals surface area contributed by atoms with Gasteiger partial charge in [0.1, 0.15) is 35.8 Å². The van der Waals surface area contributed by atoms with Crippen LogP contribution in [0.3, 0.4) is 0 Å². The van der Waals surface area contributed by atoms with Crippen molar-refractivity contribution in [2.24, 2.45) is 0 Å². The van der Waals surface area contributed by atoms with Gasteiger partial charge in [-0.05, 0) is 60.0 Å². The van der Waals surface area contributed by atoms with Crippen LogP contribution >= 0.6 is 0 Å². The molecule has 2 aliphatic rings. The van der Waals surface area contributed by atoms with E-state index in [0.717, 1.165) is 50.4 Å². The Bertz CT molecular complexity index is 1710. The lowest BCUT2D eigenvalue weighted by atomic mass is 10.0. The highest BCUT2D eigenvalue weighted by Crippen LogP contribution is 2.39. The number of rotatable bonds is 10. The molecule has 0 fully saturated rings. The minimum Gasteiger partial charge on any atom is -1.00 e. The van der Waals surface area contributed by atoms with Crippen LogP contribution in [0.25, 0.3) is 21.5 Å². The van der Waals surface area contributed by atoms with Gasteiger partial charge in [-0.2, -0.15) is 0 Å². The molecule has 0 radical (unpaired) electrons. The van der Waals surface area contributed by atoms with Gasteiger partial charge in [-0.1, -0.05) is 81.3 Å². The lowest BCUT2D eigenvalue weighted by Gasteiger charge is -2.24. The Kier molecular flexibility index (Phi) is 10.2. The number of unbranched alkanes of at least 4 members (excludes halogenated alkanes) is 2. The predicted octanol–water partition coefficient (Wildman–Crippen LogP) is 2.38. The van der Waals surface area contributed by atoms with E-state index in [-0.39, 0.29) is 34.0 Å². The van der Waals surface area contributed by atoms with Gasteiger partial charge >= 0.3 is 0 Å². The Morgan fingerprint density at radius 3 is 1.39 bits per heavy atom. The fourth-order valence-corrected chi connectivity index (χ4v) is 6.47. The number of pyridine rings is 1. The molecule has 2 aliphatic heterocycles. The Hall–Kier alpha value is -3.55. The highest BCUT2D eigenvalue weighted by molar-refractivity contribution is 6.07. The summed E-state index contributed by atoms with van der Waals surface area (Å²) < 4.78 is 4.77. The van der Waals surface area contributed by atoms with E-state index in [1.165, 1.54) is 57.1 Å². The van der Waals surface area contributed by atoms with Crippen molar-refractivity contribution in [1.82, 2.24) is 4.98 Å². The Labute approximate surface area is 281 Å². The lowest BCUT2D eigenvalue weighted by Crippen LogP contribution is -3.00. The second kappa shape index (κ2) is 14.0. The van der Waals surface area contributed by atoms with Crippen LogP contribution < -0.4 is 43.8 Å². The van der Waals surface area contributed by atoms with Crippen LogP contribution in [-0.4, -0.2) is 39.9 Å². The van der Waals surface area contributed by atoms with Crippen molar-refractivity contribution in [1.29, 1.82) is 0 Å². The van der Waals surface area contributed by atoms with Gasteiger partial charge in [-0.25, -0.2) is 23.9 Å². The van der Waals surface area contributed by atoms with Crippen molar-refractivity contribution >= 4 is 57.0 Å². The normalized spacial score (nSPS) is 13.3. The smallest absolute Gasteiger partial charge is 0.244 e. The van der Waals surface area contributed by atoms with E-state index in [1.54, 1.807) is 0 Å². The summed E-state index contributed by atoms with van der Waals surface area (Å²) in [6.07, 6.45) is 9.26. The van der Waals surface area contributed by atoms with Crippen LogP contribution in [0.4, 0.5) is 22.7 Å². The fraction of sp³-hybridized carbons (Fsp3) is 0.270. The van der Waals surface area contributed by atoms with Gasteiger partial charge in [-0.15, -0.1) is 0 Å². The first-order chi connectivity index (χ1) is 20.7. The summed E-state index contributed by atoms with van der Waals surface area (Å²) in [5.74, 6) is 0. The zero-order valence-corrected chi connectivity index (χ0v) is 28.6. The average molecular weight is 714 g/mol. The van der Waals surface area contributed by atoms with Crippen molar-refractivity contribution < 1.29 is 43.1 Å². The zero-order chi connectivity index (χ0) is 28.5. The first-order valence-corrected chi connectivity index (χ1v) is 15.5. The molecule has 0 N–H and O–H groups in total. The Morgan fingerprint density at radius 1 is 0.545 bits per heavy atom. The van der Waals surface area contributed by atoms with Crippen molar-refractivity contribution in [3.63, 3.8) is 0 Å². The van der Waals surface area contributed by atoms with E-state index in [4.69, 9.17) is 4.98 Å². The highest BCUT2D eigenvalue weighted by Gasteiger charge is 2.28. The molecule has 1 aromatic heterocycles. The summed E-state index contributed by atoms with van der Waals surface area (Å²) in [5, 5.41) is 5.23. The molecule has 0 spiro atoms.